The lowest BCUT2D eigenvalue weighted by Crippen LogP contribution is -2.26. The van der Waals surface area contributed by atoms with Crippen LogP contribution in [0.4, 0.5) is 0 Å². The first-order valence-corrected chi connectivity index (χ1v) is 5.61. The van der Waals surface area contributed by atoms with Crippen molar-refractivity contribution in [3.63, 3.8) is 0 Å². The maximum atomic E-state index is 3.36. The molecule has 2 aromatic heterocycles. The van der Waals surface area contributed by atoms with Crippen molar-refractivity contribution in [2.75, 3.05) is 13.1 Å². The van der Waals surface area contributed by atoms with Crippen LogP contribution >= 0.6 is 0 Å². The first kappa shape index (κ1) is 11.0. The zero-order valence-corrected chi connectivity index (χ0v) is 9.29. The third kappa shape index (κ3) is 3.56. The van der Waals surface area contributed by atoms with Crippen molar-refractivity contribution in [3.05, 3.63) is 48.0 Å². The van der Waals surface area contributed by atoms with Gasteiger partial charge < -0.3 is 20.6 Å². The predicted molar refractivity (Wildman–Crippen MR) is 65.0 cm³/mol. The van der Waals surface area contributed by atoms with Crippen LogP contribution in [0.2, 0.25) is 0 Å². The molecule has 4 N–H and O–H groups in total. The van der Waals surface area contributed by atoms with E-state index >= 15 is 0 Å². The van der Waals surface area contributed by atoms with E-state index in [-0.39, 0.29) is 0 Å². The molecule has 0 atom stereocenters. The second kappa shape index (κ2) is 6.15. The monoisotopic (exact) mass is 218 g/mol. The largest absolute Gasteiger partial charge is 0.364 e. The number of H-pyrrole nitrogens is 2. The molecule has 0 aromatic carbocycles. The fraction of sp³-hybridized carbons (Fsp3) is 0.333. The summed E-state index contributed by atoms with van der Waals surface area (Å²) in [6, 6.07) is 8.19. The van der Waals surface area contributed by atoms with Crippen LogP contribution in [-0.2, 0) is 13.1 Å². The van der Waals surface area contributed by atoms with Crippen LogP contribution in [0.25, 0.3) is 0 Å². The lowest BCUT2D eigenvalue weighted by atomic mass is 10.4. The minimum atomic E-state index is 0.900. The van der Waals surface area contributed by atoms with Crippen molar-refractivity contribution in [1.82, 2.24) is 20.6 Å². The first-order valence-electron chi connectivity index (χ1n) is 5.61. The van der Waals surface area contributed by atoms with Crippen LogP contribution in [0, 0.1) is 0 Å². The van der Waals surface area contributed by atoms with Gasteiger partial charge in [0.2, 0.25) is 0 Å². The first-order chi connectivity index (χ1) is 7.95. The Bertz CT molecular complexity index is 325. The zero-order valence-electron chi connectivity index (χ0n) is 9.29. The van der Waals surface area contributed by atoms with E-state index in [2.05, 4.69) is 32.7 Å². The lowest BCUT2D eigenvalue weighted by molar-refractivity contribution is 0.603. The van der Waals surface area contributed by atoms with Crippen molar-refractivity contribution in [3.8, 4) is 0 Å². The Morgan fingerprint density at radius 3 is 1.69 bits per heavy atom. The SMILES string of the molecule is c1c[nH]c(CNCCNCc2ccc[nH]2)c1. The topological polar surface area (TPSA) is 55.6 Å². The fourth-order valence-corrected chi connectivity index (χ4v) is 1.58. The molecule has 2 heterocycles. The Labute approximate surface area is 95.5 Å². The second-order valence-electron chi connectivity index (χ2n) is 3.74. The van der Waals surface area contributed by atoms with Gasteiger partial charge in [0.1, 0.15) is 0 Å². The molecular weight excluding hydrogens is 200 g/mol. The molecule has 4 heteroatoms. The molecule has 0 spiro atoms. The number of hydrogen-bond donors (Lipinski definition) is 4. The fourth-order valence-electron chi connectivity index (χ4n) is 1.58. The summed E-state index contributed by atoms with van der Waals surface area (Å²) in [5, 5.41) is 6.73. The van der Waals surface area contributed by atoms with Gasteiger partial charge in [0.25, 0.3) is 0 Å². The quantitative estimate of drug-likeness (QED) is 0.528. The van der Waals surface area contributed by atoms with E-state index in [1.807, 2.05) is 24.5 Å². The van der Waals surface area contributed by atoms with Gasteiger partial charge in [-0.25, -0.2) is 0 Å². The Kier molecular flexibility index (Phi) is 4.22. The van der Waals surface area contributed by atoms with E-state index in [0.717, 1.165) is 26.2 Å². The van der Waals surface area contributed by atoms with E-state index < -0.39 is 0 Å². The molecule has 0 saturated heterocycles. The maximum Gasteiger partial charge on any atom is 0.0357 e. The van der Waals surface area contributed by atoms with Gasteiger partial charge in [-0.3, -0.25) is 0 Å². The maximum absolute atomic E-state index is 3.36. The molecule has 16 heavy (non-hydrogen) atoms. The molecular formula is C12H18N4. The smallest absolute Gasteiger partial charge is 0.0357 e. The highest BCUT2D eigenvalue weighted by Gasteiger charge is 1.93. The highest BCUT2D eigenvalue weighted by Crippen LogP contribution is 1.93. The van der Waals surface area contributed by atoms with Gasteiger partial charge >= 0.3 is 0 Å². The number of aromatic nitrogens is 2. The molecule has 0 aliphatic rings. The van der Waals surface area contributed by atoms with Crippen molar-refractivity contribution >= 4 is 0 Å². The molecule has 2 rings (SSSR count). The van der Waals surface area contributed by atoms with E-state index in [1.54, 1.807) is 0 Å². The van der Waals surface area contributed by atoms with Crippen molar-refractivity contribution in [1.29, 1.82) is 0 Å². The van der Waals surface area contributed by atoms with Gasteiger partial charge in [-0.1, -0.05) is 0 Å². The second-order valence-corrected chi connectivity index (χ2v) is 3.74. The molecule has 0 unspecified atom stereocenters. The highest BCUT2D eigenvalue weighted by atomic mass is 15.0. The molecule has 0 bridgehead atoms. The molecule has 86 valence electrons. The summed E-state index contributed by atoms with van der Waals surface area (Å²) >= 11 is 0. The van der Waals surface area contributed by atoms with Gasteiger partial charge in [0, 0.05) is 50.0 Å². The van der Waals surface area contributed by atoms with Gasteiger partial charge in [0.05, 0.1) is 0 Å². The summed E-state index contributed by atoms with van der Waals surface area (Å²) in [5.41, 5.74) is 2.45. The normalized spacial score (nSPS) is 10.8. The van der Waals surface area contributed by atoms with Crippen LogP contribution in [0.1, 0.15) is 11.4 Å². The number of hydrogen-bond acceptors (Lipinski definition) is 2. The van der Waals surface area contributed by atoms with Crippen LogP contribution in [0.15, 0.2) is 36.7 Å². The lowest BCUT2D eigenvalue weighted by Gasteiger charge is -2.04. The summed E-state index contributed by atoms with van der Waals surface area (Å²) in [6.45, 7) is 3.74. The van der Waals surface area contributed by atoms with E-state index in [1.165, 1.54) is 11.4 Å². The Hall–Kier alpha value is -1.52. The Morgan fingerprint density at radius 1 is 0.812 bits per heavy atom. The molecule has 0 aliphatic carbocycles. The van der Waals surface area contributed by atoms with E-state index in [9.17, 15) is 0 Å². The van der Waals surface area contributed by atoms with Crippen LogP contribution in [0.5, 0.6) is 0 Å². The third-order valence-corrected chi connectivity index (χ3v) is 2.43. The van der Waals surface area contributed by atoms with Crippen LogP contribution in [-0.4, -0.2) is 23.1 Å². The van der Waals surface area contributed by atoms with Crippen molar-refractivity contribution in [2.45, 2.75) is 13.1 Å². The predicted octanol–water partition coefficient (Wildman–Crippen LogP) is 1.22. The molecule has 0 aliphatic heterocycles. The Balaban J connectivity index is 1.49. The molecule has 0 amide bonds. The van der Waals surface area contributed by atoms with Gasteiger partial charge in [0.15, 0.2) is 0 Å². The van der Waals surface area contributed by atoms with Crippen molar-refractivity contribution < 1.29 is 0 Å². The van der Waals surface area contributed by atoms with Crippen molar-refractivity contribution in [2.24, 2.45) is 0 Å². The molecule has 4 nitrogen and oxygen atoms in total. The average molecular weight is 218 g/mol. The minimum absolute atomic E-state index is 0.900. The van der Waals surface area contributed by atoms with Gasteiger partial charge in [-0.05, 0) is 24.3 Å². The number of nitrogens with one attached hydrogen (secondary N) is 4. The Morgan fingerprint density at radius 2 is 1.31 bits per heavy atom. The zero-order chi connectivity index (χ0) is 11.1. The van der Waals surface area contributed by atoms with Crippen LogP contribution < -0.4 is 10.6 Å². The number of aromatic amines is 2. The molecule has 0 radical (unpaired) electrons. The number of rotatable bonds is 7. The summed E-state index contributed by atoms with van der Waals surface area (Å²) < 4.78 is 0. The summed E-state index contributed by atoms with van der Waals surface area (Å²) in [7, 11) is 0. The highest BCUT2D eigenvalue weighted by molar-refractivity contribution is 5.03. The molecule has 2 aromatic rings. The van der Waals surface area contributed by atoms with Crippen LogP contribution in [0.3, 0.4) is 0 Å². The standard InChI is InChI=1S/C12H18N4/c1-3-11(15-5-1)9-13-7-8-14-10-12-4-2-6-16-12/h1-6,13-16H,7-10H2. The van der Waals surface area contributed by atoms with Gasteiger partial charge in [-0.2, -0.15) is 0 Å². The summed E-state index contributed by atoms with van der Waals surface area (Å²) in [5.74, 6) is 0. The summed E-state index contributed by atoms with van der Waals surface area (Å²) in [4.78, 5) is 6.33. The molecule has 0 fully saturated rings. The van der Waals surface area contributed by atoms with Gasteiger partial charge in [-0.15, -0.1) is 0 Å². The van der Waals surface area contributed by atoms with E-state index in [0.29, 0.717) is 0 Å². The minimum Gasteiger partial charge on any atom is -0.364 e. The molecule has 0 saturated carbocycles. The average Bonchev–Trinajstić information content (AvgIpc) is 2.96. The third-order valence-electron chi connectivity index (χ3n) is 2.43. The van der Waals surface area contributed by atoms with E-state index in [4.69, 9.17) is 0 Å². The summed E-state index contributed by atoms with van der Waals surface area (Å²) in [6.07, 6.45) is 3.89.